The maximum atomic E-state index is 11.9. The van der Waals surface area contributed by atoms with E-state index in [1.54, 1.807) is 0 Å². The highest BCUT2D eigenvalue weighted by Gasteiger charge is 2.27. The molecule has 3 rings (SSSR count). The summed E-state index contributed by atoms with van der Waals surface area (Å²) < 4.78 is 0. The van der Waals surface area contributed by atoms with E-state index in [4.69, 9.17) is 11.6 Å². The summed E-state index contributed by atoms with van der Waals surface area (Å²) in [7, 11) is 0. The topological polar surface area (TPSA) is 32.7 Å². The Balaban J connectivity index is 1.79. The third kappa shape index (κ3) is 2.85. The van der Waals surface area contributed by atoms with Gasteiger partial charge in [-0.15, -0.1) is 0 Å². The van der Waals surface area contributed by atoms with Gasteiger partial charge in [0.25, 0.3) is 5.91 Å². The van der Waals surface area contributed by atoms with Crippen molar-refractivity contribution in [3.05, 3.63) is 39.8 Å². The molecule has 1 saturated heterocycles. The van der Waals surface area contributed by atoms with Crippen molar-refractivity contribution >= 4 is 40.5 Å². The summed E-state index contributed by atoms with van der Waals surface area (Å²) >= 11 is 7.40. The van der Waals surface area contributed by atoms with Crippen LogP contribution in [0.2, 0.25) is 5.02 Å². The highest BCUT2D eigenvalue weighted by atomic mass is 35.5. The predicted molar refractivity (Wildman–Crippen MR) is 80.3 cm³/mol. The van der Waals surface area contributed by atoms with E-state index in [9.17, 15) is 4.79 Å². The summed E-state index contributed by atoms with van der Waals surface area (Å²) in [5.74, 6) is -0.146. The van der Waals surface area contributed by atoms with Crippen LogP contribution in [0.5, 0.6) is 0 Å². The number of hydrogen-bond acceptors (Lipinski definition) is 3. The molecule has 1 amide bonds. The number of carbonyl (C=O) groups excluding carboxylic acids is 1. The molecule has 0 saturated carbocycles. The first-order valence-corrected chi connectivity index (χ1v) is 7.45. The normalized spacial score (nSPS) is 21.3. The minimum absolute atomic E-state index is 0.146. The smallest absolute Gasteiger partial charge is 0.286 e. The fourth-order valence-corrected chi connectivity index (χ4v) is 3.35. The van der Waals surface area contributed by atoms with Gasteiger partial charge in [0.15, 0.2) is 5.17 Å². The second-order valence-electron chi connectivity index (χ2n) is 4.56. The Hall–Kier alpha value is -1.26. The first-order chi connectivity index (χ1) is 9.22. The molecule has 3 nitrogen and oxygen atoms in total. The molecule has 2 aliphatic rings. The van der Waals surface area contributed by atoms with Crippen molar-refractivity contribution < 1.29 is 4.79 Å². The number of benzene rings is 1. The molecule has 5 heteroatoms. The Bertz CT molecular complexity index is 577. The summed E-state index contributed by atoms with van der Waals surface area (Å²) in [4.78, 5) is 18.9. The molecule has 1 aromatic carbocycles. The van der Waals surface area contributed by atoms with Crippen LogP contribution < -0.4 is 0 Å². The van der Waals surface area contributed by atoms with Crippen LogP contribution in [0.15, 0.2) is 34.2 Å². The number of thioether (sulfide) groups is 1. The van der Waals surface area contributed by atoms with Gasteiger partial charge in [0.1, 0.15) is 0 Å². The lowest BCUT2D eigenvalue weighted by atomic mass is 10.2. The minimum atomic E-state index is -0.146. The number of carbonyl (C=O) groups is 1. The Morgan fingerprint density at radius 3 is 2.84 bits per heavy atom. The van der Waals surface area contributed by atoms with E-state index in [0.29, 0.717) is 9.93 Å². The molecule has 0 atom stereocenters. The van der Waals surface area contributed by atoms with Crippen molar-refractivity contribution in [2.24, 2.45) is 4.99 Å². The molecule has 0 radical (unpaired) electrons. The lowest BCUT2D eigenvalue weighted by molar-refractivity contribution is -0.113. The van der Waals surface area contributed by atoms with Gasteiger partial charge >= 0.3 is 0 Å². The van der Waals surface area contributed by atoms with Crippen LogP contribution in [0.3, 0.4) is 0 Å². The van der Waals surface area contributed by atoms with E-state index in [2.05, 4.69) is 9.89 Å². The molecule has 2 aliphatic heterocycles. The highest BCUT2D eigenvalue weighted by molar-refractivity contribution is 8.18. The standard InChI is InChI=1S/C14H13ClN2OS/c15-11-5-3-4-10(8-11)9-12-13(18)16-14(19-12)17-6-1-2-7-17/h3-5,8-9H,1-2,6-7H2/b12-9-. The van der Waals surface area contributed by atoms with Gasteiger partial charge in [-0.2, -0.15) is 4.99 Å². The Labute approximate surface area is 121 Å². The SMILES string of the molecule is O=C1N=C(N2CCCC2)S/C1=C\c1cccc(Cl)c1. The second kappa shape index (κ2) is 5.39. The zero-order valence-electron chi connectivity index (χ0n) is 10.3. The zero-order chi connectivity index (χ0) is 13.2. The van der Waals surface area contributed by atoms with E-state index in [0.717, 1.165) is 23.8 Å². The molecular weight excluding hydrogens is 280 g/mol. The first-order valence-electron chi connectivity index (χ1n) is 6.25. The molecule has 1 aromatic rings. The van der Waals surface area contributed by atoms with Crippen LogP contribution in [0, 0.1) is 0 Å². The van der Waals surface area contributed by atoms with Crippen LogP contribution in [-0.2, 0) is 4.79 Å². The summed E-state index contributed by atoms with van der Waals surface area (Å²) in [6, 6.07) is 7.47. The first kappa shape index (κ1) is 12.8. The Morgan fingerprint density at radius 2 is 2.11 bits per heavy atom. The van der Waals surface area contributed by atoms with Crippen LogP contribution in [-0.4, -0.2) is 29.1 Å². The van der Waals surface area contributed by atoms with Gasteiger partial charge in [0, 0.05) is 18.1 Å². The highest BCUT2D eigenvalue weighted by Crippen LogP contribution is 2.31. The number of rotatable bonds is 1. The molecule has 0 aromatic heterocycles. The molecule has 0 bridgehead atoms. The lowest BCUT2D eigenvalue weighted by Gasteiger charge is -2.14. The molecule has 0 aliphatic carbocycles. The fraction of sp³-hybridized carbons (Fsp3) is 0.286. The summed E-state index contributed by atoms with van der Waals surface area (Å²) in [5.41, 5.74) is 0.932. The minimum Gasteiger partial charge on any atom is -0.351 e. The van der Waals surface area contributed by atoms with E-state index in [-0.39, 0.29) is 5.91 Å². The molecule has 0 unspecified atom stereocenters. The maximum Gasteiger partial charge on any atom is 0.286 e. The molecule has 2 heterocycles. The average molecular weight is 293 g/mol. The van der Waals surface area contributed by atoms with E-state index in [1.807, 2.05) is 30.3 Å². The summed E-state index contributed by atoms with van der Waals surface area (Å²) in [6.07, 6.45) is 4.22. The lowest BCUT2D eigenvalue weighted by Crippen LogP contribution is -2.23. The largest absolute Gasteiger partial charge is 0.351 e. The monoisotopic (exact) mass is 292 g/mol. The number of amides is 1. The molecule has 0 N–H and O–H groups in total. The van der Waals surface area contributed by atoms with E-state index < -0.39 is 0 Å². The molecule has 0 spiro atoms. The van der Waals surface area contributed by atoms with Crippen molar-refractivity contribution in [3.63, 3.8) is 0 Å². The number of hydrogen-bond donors (Lipinski definition) is 0. The van der Waals surface area contributed by atoms with Crippen molar-refractivity contribution in [1.82, 2.24) is 4.90 Å². The Kier molecular flexibility index (Phi) is 3.62. The van der Waals surface area contributed by atoms with Crippen LogP contribution in [0.1, 0.15) is 18.4 Å². The van der Waals surface area contributed by atoms with Gasteiger partial charge < -0.3 is 4.90 Å². The van der Waals surface area contributed by atoms with Gasteiger partial charge in [-0.1, -0.05) is 23.7 Å². The van der Waals surface area contributed by atoms with Crippen molar-refractivity contribution in [2.45, 2.75) is 12.8 Å². The molecule has 19 heavy (non-hydrogen) atoms. The van der Waals surface area contributed by atoms with Gasteiger partial charge in [0.05, 0.1) is 4.91 Å². The molecular formula is C14H13ClN2OS. The third-order valence-electron chi connectivity index (χ3n) is 3.13. The maximum absolute atomic E-state index is 11.9. The van der Waals surface area contributed by atoms with Crippen molar-refractivity contribution in [2.75, 3.05) is 13.1 Å². The quantitative estimate of drug-likeness (QED) is 0.744. The molecule has 1 fully saturated rings. The van der Waals surface area contributed by atoms with Crippen molar-refractivity contribution in [3.8, 4) is 0 Å². The van der Waals surface area contributed by atoms with Gasteiger partial charge in [-0.3, -0.25) is 4.79 Å². The Morgan fingerprint density at radius 1 is 1.32 bits per heavy atom. The third-order valence-corrected chi connectivity index (χ3v) is 4.41. The van der Waals surface area contributed by atoms with E-state index >= 15 is 0 Å². The van der Waals surface area contributed by atoms with Gasteiger partial charge in [-0.25, -0.2) is 0 Å². The van der Waals surface area contributed by atoms with Crippen LogP contribution >= 0.6 is 23.4 Å². The van der Waals surface area contributed by atoms with Crippen molar-refractivity contribution in [1.29, 1.82) is 0 Å². The average Bonchev–Trinajstić information content (AvgIpc) is 3.00. The number of halogens is 1. The number of likely N-dealkylation sites (tertiary alicyclic amines) is 1. The second-order valence-corrected chi connectivity index (χ2v) is 6.00. The van der Waals surface area contributed by atoms with Gasteiger partial charge in [-0.05, 0) is 48.4 Å². The van der Waals surface area contributed by atoms with Crippen LogP contribution in [0.4, 0.5) is 0 Å². The molecule has 98 valence electrons. The number of nitrogens with zero attached hydrogens (tertiary/aromatic N) is 2. The van der Waals surface area contributed by atoms with Crippen LogP contribution in [0.25, 0.3) is 6.08 Å². The van der Waals surface area contributed by atoms with Gasteiger partial charge in [0.2, 0.25) is 0 Å². The van der Waals surface area contributed by atoms with E-state index in [1.165, 1.54) is 24.6 Å². The fourth-order valence-electron chi connectivity index (χ4n) is 2.19. The zero-order valence-corrected chi connectivity index (χ0v) is 11.9. The number of amidine groups is 1. The summed E-state index contributed by atoms with van der Waals surface area (Å²) in [6.45, 7) is 2.01. The number of aliphatic imine (C=N–C) groups is 1. The summed E-state index contributed by atoms with van der Waals surface area (Å²) in [5, 5.41) is 1.52. The predicted octanol–water partition coefficient (Wildman–Crippen LogP) is 3.41.